The summed E-state index contributed by atoms with van der Waals surface area (Å²) in [7, 11) is 0. The zero-order valence-corrected chi connectivity index (χ0v) is 18.3. The molecule has 1 aromatic carbocycles. The van der Waals surface area contributed by atoms with E-state index < -0.39 is 0 Å². The first-order chi connectivity index (χ1) is 15.0. The molecule has 0 N–H and O–H groups in total. The third-order valence-electron chi connectivity index (χ3n) is 6.25. The maximum Gasteiger partial charge on any atom is 0.311 e. The number of piperazine rings is 1. The topological polar surface area (TPSA) is 66.2 Å². The Balaban J connectivity index is 1.51. The van der Waals surface area contributed by atoms with Gasteiger partial charge in [-0.2, -0.15) is 0 Å². The van der Waals surface area contributed by atoms with Crippen LogP contribution >= 0.6 is 0 Å². The lowest BCUT2D eigenvalue weighted by Gasteiger charge is -2.41. The molecule has 2 aliphatic heterocycles. The molecule has 2 atom stereocenters. The van der Waals surface area contributed by atoms with Crippen molar-refractivity contribution >= 4 is 11.9 Å². The highest BCUT2D eigenvalue weighted by molar-refractivity contribution is 5.95. The maximum absolute atomic E-state index is 13.2. The van der Waals surface area contributed by atoms with E-state index in [2.05, 4.69) is 9.80 Å². The second-order valence-electron chi connectivity index (χ2n) is 8.44. The van der Waals surface area contributed by atoms with Crippen LogP contribution < -0.4 is 0 Å². The lowest BCUT2D eigenvalue weighted by molar-refractivity contribution is -0.149. The Morgan fingerprint density at radius 1 is 1.06 bits per heavy atom. The number of hydrogen-bond donors (Lipinski definition) is 0. The molecule has 166 valence electrons. The number of esters is 1. The molecule has 31 heavy (non-hydrogen) atoms. The van der Waals surface area contributed by atoms with Crippen LogP contribution in [0.5, 0.6) is 0 Å². The molecule has 1 aromatic heterocycles. The maximum atomic E-state index is 13.2. The van der Waals surface area contributed by atoms with Crippen LogP contribution in [0.3, 0.4) is 0 Å². The molecular weight excluding hydrogens is 394 g/mol. The number of rotatable bonds is 5. The highest BCUT2D eigenvalue weighted by atomic mass is 16.5. The fourth-order valence-corrected chi connectivity index (χ4v) is 4.66. The largest absolute Gasteiger partial charge is 0.468 e. The van der Waals surface area contributed by atoms with Gasteiger partial charge in [0.25, 0.3) is 5.91 Å². The van der Waals surface area contributed by atoms with Crippen molar-refractivity contribution in [2.45, 2.75) is 26.4 Å². The van der Waals surface area contributed by atoms with Crippen LogP contribution in [0.15, 0.2) is 47.1 Å². The van der Waals surface area contributed by atoms with Crippen molar-refractivity contribution in [3.63, 3.8) is 0 Å². The normalized spacial score (nSPS) is 22.6. The van der Waals surface area contributed by atoms with Gasteiger partial charge < -0.3 is 14.1 Å². The number of hydrogen-bond acceptors (Lipinski definition) is 6. The minimum Gasteiger partial charge on any atom is -0.468 e. The Kier molecular flexibility index (Phi) is 6.73. The van der Waals surface area contributed by atoms with Crippen LogP contribution in [0.1, 0.15) is 28.6 Å². The van der Waals surface area contributed by atoms with Crippen LogP contribution in [0.4, 0.5) is 0 Å². The molecular formula is C24H31N3O4. The first-order valence-electron chi connectivity index (χ1n) is 11.1. The number of benzene rings is 1. The van der Waals surface area contributed by atoms with Gasteiger partial charge in [0.2, 0.25) is 0 Å². The number of fused-ring (bicyclic) bond motifs is 1. The number of carbonyl (C=O) groups excluding carboxylic acids is 2. The number of ether oxygens (including phenoxy) is 1. The van der Waals surface area contributed by atoms with Crippen LogP contribution in [-0.4, -0.2) is 78.5 Å². The van der Waals surface area contributed by atoms with Crippen LogP contribution in [0.2, 0.25) is 0 Å². The molecule has 0 unspecified atom stereocenters. The van der Waals surface area contributed by atoms with Crippen LogP contribution in [-0.2, 0) is 16.1 Å². The van der Waals surface area contributed by atoms with Gasteiger partial charge in [0.1, 0.15) is 5.76 Å². The summed E-state index contributed by atoms with van der Waals surface area (Å²) >= 11 is 0. The number of nitrogens with zero attached hydrogens (tertiary/aromatic N) is 3. The van der Waals surface area contributed by atoms with Gasteiger partial charge in [0.15, 0.2) is 0 Å². The predicted octanol–water partition coefficient (Wildman–Crippen LogP) is 2.41. The van der Waals surface area contributed by atoms with Crippen molar-refractivity contribution in [3.8, 4) is 0 Å². The van der Waals surface area contributed by atoms with Gasteiger partial charge in [-0.05, 0) is 37.6 Å². The third-order valence-corrected chi connectivity index (χ3v) is 6.25. The van der Waals surface area contributed by atoms with Crippen molar-refractivity contribution in [1.82, 2.24) is 14.7 Å². The van der Waals surface area contributed by atoms with E-state index in [4.69, 9.17) is 9.15 Å². The van der Waals surface area contributed by atoms with E-state index in [1.54, 1.807) is 6.26 Å². The molecule has 2 fully saturated rings. The van der Waals surface area contributed by atoms with Gasteiger partial charge in [0, 0.05) is 50.9 Å². The first kappa shape index (κ1) is 21.6. The number of carbonyl (C=O) groups is 2. The molecule has 2 saturated heterocycles. The lowest BCUT2D eigenvalue weighted by Crippen LogP contribution is -2.57. The lowest BCUT2D eigenvalue weighted by atomic mass is 10.1. The Labute approximate surface area is 183 Å². The summed E-state index contributed by atoms with van der Waals surface area (Å²) in [5, 5.41) is 0. The molecule has 0 bridgehead atoms. The van der Waals surface area contributed by atoms with E-state index >= 15 is 0 Å². The molecule has 0 saturated carbocycles. The molecule has 0 spiro atoms. The van der Waals surface area contributed by atoms with Gasteiger partial charge in [-0.1, -0.05) is 18.2 Å². The SMILES string of the molecule is CCOC(=O)[C@@H]1CN(Cc2ccco2)C[C@H]2CN(C(=O)c3ccccc3C)CCN2C1. The van der Waals surface area contributed by atoms with Gasteiger partial charge in [0.05, 0.1) is 25.3 Å². The predicted molar refractivity (Wildman–Crippen MR) is 117 cm³/mol. The quantitative estimate of drug-likeness (QED) is 0.686. The number of furan rings is 1. The van der Waals surface area contributed by atoms with Gasteiger partial charge in [-0.25, -0.2) is 0 Å². The van der Waals surface area contributed by atoms with E-state index in [0.29, 0.717) is 39.3 Å². The smallest absolute Gasteiger partial charge is 0.311 e. The summed E-state index contributed by atoms with van der Waals surface area (Å²) in [6, 6.07) is 11.7. The Morgan fingerprint density at radius 3 is 2.65 bits per heavy atom. The average Bonchev–Trinajstić information content (AvgIpc) is 3.20. The van der Waals surface area contributed by atoms with Gasteiger partial charge in [-0.3, -0.25) is 19.4 Å². The highest BCUT2D eigenvalue weighted by Gasteiger charge is 2.38. The Hall–Kier alpha value is -2.64. The van der Waals surface area contributed by atoms with E-state index in [0.717, 1.165) is 30.0 Å². The monoisotopic (exact) mass is 425 g/mol. The molecule has 0 radical (unpaired) electrons. The minimum absolute atomic E-state index is 0.0847. The fourth-order valence-electron chi connectivity index (χ4n) is 4.66. The van der Waals surface area contributed by atoms with Crippen molar-refractivity contribution < 1.29 is 18.7 Å². The molecule has 4 rings (SSSR count). The molecule has 2 aliphatic rings. The van der Waals surface area contributed by atoms with Crippen molar-refractivity contribution in [3.05, 3.63) is 59.5 Å². The zero-order chi connectivity index (χ0) is 21.8. The van der Waals surface area contributed by atoms with Gasteiger partial charge in [-0.15, -0.1) is 0 Å². The van der Waals surface area contributed by atoms with Crippen LogP contribution in [0.25, 0.3) is 0 Å². The summed E-state index contributed by atoms with van der Waals surface area (Å²) in [4.78, 5) is 32.4. The molecule has 0 aliphatic carbocycles. The fraction of sp³-hybridized carbons (Fsp3) is 0.500. The molecule has 3 heterocycles. The zero-order valence-electron chi connectivity index (χ0n) is 18.3. The first-order valence-corrected chi connectivity index (χ1v) is 11.1. The number of amides is 1. The van der Waals surface area contributed by atoms with E-state index in [1.165, 1.54) is 0 Å². The molecule has 7 heteroatoms. The third kappa shape index (κ3) is 4.99. The number of aryl methyl sites for hydroxylation is 1. The van der Waals surface area contributed by atoms with E-state index in [-0.39, 0.29) is 23.8 Å². The van der Waals surface area contributed by atoms with Crippen molar-refractivity contribution in [1.29, 1.82) is 0 Å². The summed E-state index contributed by atoms with van der Waals surface area (Å²) < 4.78 is 10.9. The summed E-state index contributed by atoms with van der Waals surface area (Å²) in [6.45, 7) is 8.96. The second kappa shape index (κ2) is 9.66. The molecule has 7 nitrogen and oxygen atoms in total. The van der Waals surface area contributed by atoms with Crippen LogP contribution in [0, 0.1) is 12.8 Å². The second-order valence-corrected chi connectivity index (χ2v) is 8.44. The Morgan fingerprint density at radius 2 is 1.90 bits per heavy atom. The van der Waals surface area contributed by atoms with E-state index in [1.807, 2.05) is 55.1 Å². The van der Waals surface area contributed by atoms with Crippen molar-refractivity contribution in [2.24, 2.45) is 5.92 Å². The molecule has 2 aromatic rings. The standard InChI is InChI=1S/C24H31N3O4/c1-3-30-24(29)19-13-25(17-21-8-6-12-31-21)15-20-16-27(11-10-26(20)14-19)23(28)22-9-5-4-7-18(22)2/h4-9,12,19-20H,3,10-11,13-17H2,1-2H3/t19-,20+/m1/s1. The summed E-state index contributed by atoms with van der Waals surface area (Å²) in [5.74, 6) is 0.603. The van der Waals surface area contributed by atoms with Gasteiger partial charge >= 0.3 is 5.97 Å². The Bertz CT molecular complexity index is 898. The van der Waals surface area contributed by atoms with E-state index in [9.17, 15) is 9.59 Å². The summed E-state index contributed by atoms with van der Waals surface area (Å²) in [6.07, 6.45) is 1.67. The summed E-state index contributed by atoms with van der Waals surface area (Å²) in [5.41, 5.74) is 1.76. The minimum atomic E-state index is -0.210. The average molecular weight is 426 g/mol. The highest BCUT2D eigenvalue weighted by Crippen LogP contribution is 2.23. The molecule has 1 amide bonds. The van der Waals surface area contributed by atoms with Crippen molar-refractivity contribution in [2.75, 3.05) is 45.9 Å².